The summed E-state index contributed by atoms with van der Waals surface area (Å²) in [5.74, 6) is 4.39. The van der Waals surface area contributed by atoms with E-state index in [-0.39, 0.29) is 12.4 Å². The van der Waals surface area contributed by atoms with E-state index in [9.17, 15) is 0 Å². The molecule has 0 spiro atoms. The molecule has 0 unspecified atom stereocenters. The fourth-order valence-corrected chi connectivity index (χ4v) is 6.29. The van der Waals surface area contributed by atoms with E-state index in [1.165, 1.54) is 22.3 Å². The molecule has 13 heteroatoms. The molecular formula is C26H43Cl9N4. The molecule has 0 atom stereocenters. The van der Waals surface area contributed by atoms with Crippen LogP contribution in [0.25, 0.3) is 0 Å². The van der Waals surface area contributed by atoms with Crippen LogP contribution in [0, 0.1) is 0 Å². The van der Waals surface area contributed by atoms with E-state index in [0.29, 0.717) is 47.0 Å². The van der Waals surface area contributed by atoms with Crippen LogP contribution in [0.2, 0.25) is 0 Å². The van der Waals surface area contributed by atoms with E-state index in [4.69, 9.17) is 92.8 Å². The second-order valence-corrected chi connectivity index (χ2v) is 12.0. The van der Waals surface area contributed by atoms with Crippen LogP contribution in [0.3, 0.4) is 0 Å². The number of halogens is 9. The van der Waals surface area contributed by atoms with Crippen LogP contribution in [-0.2, 0) is 26.2 Å². The highest BCUT2D eigenvalue weighted by Crippen LogP contribution is 2.24. The largest absolute Gasteiger partial charge is 0.297 e. The lowest BCUT2D eigenvalue weighted by molar-refractivity contribution is 0.276. The molecule has 0 bridgehead atoms. The third kappa shape index (κ3) is 16.9. The third-order valence-corrected chi connectivity index (χ3v) is 7.66. The number of hydrogen-bond acceptors (Lipinski definition) is 4. The van der Waals surface area contributed by atoms with Crippen molar-refractivity contribution in [1.29, 1.82) is 0 Å². The molecule has 0 saturated carbocycles. The van der Waals surface area contributed by atoms with Crippen molar-refractivity contribution < 1.29 is 0 Å². The lowest BCUT2D eigenvalue weighted by atomic mass is 9.96. The van der Waals surface area contributed by atoms with Crippen molar-refractivity contribution in [1.82, 2.24) is 19.6 Å². The lowest BCUT2D eigenvalue weighted by Crippen LogP contribution is -2.32. The molecule has 0 aliphatic rings. The molecular weight excluding hydrogens is 687 g/mol. The first-order valence-corrected chi connectivity index (χ1v) is 17.3. The van der Waals surface area contributed by atoms with E-state index in [1.54, 1.807) is 0 Å². The summed E-state index contributed by atoms with van der Waals surface area (Å²) in [5, 5.41) is 0. The summed E-state index contributed by atoms with van der Waals surface area (Å²) < 4.78 is 0. The average Bonchev–Trinajstić information content (AvgIpc) is 2.87. The zero-order chi connectivity index (χ0) is 28.2. The number of hydrogen-bond donors (Lipinski definition) is 0. The van der Waals surface area contributed by atoms with Crippen LogP contribution in [0.1, 0.15) is 22.3 Å². The standard InChI is InChI=1S/C26H42Cl8N4.ClH/c27-1-9-35(10-2-28)19-23-17-25(21-37(13-5-31)14-6-32)26(22-38(15-7-33)16-8-34)18-24(23)20-36(11-3-29)12-4-30;/h17-18H,1-16,19-22H2;1H. The highest BCUT2D eigenvalue weighted by atomic mass is 35.5. The molecule has 0 amide bonds. The fourth-order valence-electron chi connectivity index (χ4n) is 4.38. The molecule has 39 heavy (non-hydrogen) atoms. The molecule has 1 aromatic rings. The fraction of sp³-hybridized carbons (Fsp3) is 0.769. The Hall–Kier alpha value is 1.67. The monoisotopic (exact) mass is 726 g/mol. The SMILES string of the molecule is Cl.ClCCN(CCCl)Cc1cc(CN(CCCl)CCCl)c(CN(CCCl)CCCl)cc1CN(CCCl)CCCl. The predicted octanol–water partition coefficient (Wildman–Crippen LogP) is 7.23. The van der Waals surface area contributed by atoms with Gasteiger partial charge in [0.2, 0.25) is 0 Å². The molecule has 4 nitrogen and oxygen atoms in total. The van der Waals surface area contributed by atoms with Gasteiger partial charge in [0.15, 0.2) is 0 Å². The maximum atomic E-state index is 6.14. The first kappa shape index (κ1) is 40.7. The molecule has 0 aliphatic carbocycles. The molecule has 0 fully saturated rings. The van der Waals surface area contributed by atoms with Gasteiger partial charge in [-0.3, -0.25) is 19.6 Å². The smallest absolute Gasteiger partial charge is 0.0351 e. The van der Waals surface area contributed by atoms with Gasteiger partial charge in [-0.1, -0.05) is 12.1 Å². The molecule has 0 saturated heterocycles. The summed E-state index contributed by atoms with van der Waals surface area (Å²) in [6.45, 7) is 9.16. The Morgan fingerprint density at radius 1 is 0.333 bits per heavy atom. The van der Waals surface area contributed by atoms with Crippen molar-refractivity contribution in [3.8, 4) is 0 Å². The molecule has 0 N–H and O–H groups in total. The Bertz CT molecular complexity index is 595. The summed E-state index contributed by atoms with van der Waals surface area (Å²) in [4.78, 5) is 9.22. The van der Waals surface area contributed by atoms with Crippen molar-refractivity contribution >= 4 is 105 Å². The highest BCUT2D eigenvalue weighted by molar-refractivity contribution is 6.19. The Labute approximate surface area is 282 Å². The van der Waals surface area contributed by atoms with Crippen molar-refractivity contribution in [2.24, 2.45) is 0 Å². The van der Waals surface area contributed by atoms with Crippen molar-refractivity contribution in [3.05, 3.63) is 34.4 Å². The maximum Gasteiger partial charge on any atom is 0.0351 e. The van der Waals surface area contributed by atoms with Crippen LogP contribution >= 0.6 is 105 Å². The van der Waals surface area contributed by atoms with Gasteiger partial charge in [0.25, 0.3) is 0 Å². The summed E-state index contributed by atoms with van der Waals surface area (Å²) in [7, 11) is 0. The van der Waals surface area contributed by atoms with Crippen LogP contribution in [0.5, 0.6) is 0 Å². The van der Waals surface area contributed by atoms with Crippen LogP contribution in [-0.4, -0.2) is 119 Å². The molecule has 0 aliphatic heterocycles. The minimum absolute atomic E-state index is 0. The normalized spacial score (nSPS) is 11.8. The molecule has 230 valence electrons. The second kappa shape index (κ2) is 26.1. The van der Waals surface area contributed by atoms with Crippen molar-refractivity contribution in [3.63, 3.8) is 0 Å². The summed E-state index contributed by atoms with van der Waals surface area (Å²) in [5.41, 5.74) is 5.02. The van der Waals surface area contributed by atoms with Gasteiger partial charge in [0.1, 0.15) is 0 Å². The Balaban J connectivity index is 0.0000144. The Morgan fingerprint density at radius 2 is 0.487 bits per heavy atom. The van der Waals surface area contributed by atoms with Gasteiger partial charge in [-0.25, -0.2) is 0 Å². The number of alkyl halides is 8. The topological polar surface area (TPSA) is 13.0 Å². The third-order valence-electron chi connectivity index (χ3n) is 6.30. The summed E-state index contributed by atoms with van der Waals surface area (Å²) >= 11 is 49.1. The van der Waals surface area contributed by atoms with Gasteiger partial charge in [-0.15, -0.1) is 105 Å². The number of benzene rings is 1. The van der Waals surface area contributed by atoms with E-state index < -0.39 is 0 Å². The van der Waals surface area contributed by atoms with Crippen molar-refractivity contribution in [2.45, 2.75) is 26.2 Å². The second-order valence-electron chi connectivity index (χ2n) is 9.01. The average molecular weight is 731 g/mol. The maximum absolute atomic E-state index is 6.14. The molecule has 1 aromatic carbocycles. The summed E-state index contributed by atoms with van der Waals surface area (Å²) in [6.07, 6.45) is 0. The quantitative estimate of drug-likeness (QED) is 0.104. The van der Waals surface area contributed by atoms with Gasteiger partial charge in [-0.05, 0) is 22.3 Å². The first-order valence-electron chi connectivity index (χ1n) is 13.0. The molecule has 0 radical (unpaired) electrons. The first-order chi connectivity index (χ1) is 18.5. The van der Waals surface area contributed by atoms with Crippen LogP contribution in [0.4, 0.5) is 0 Å². The van der Waals surface area contributed by atoms with Gasteiger partial charge in [0, 0.05) is 126 Å². The molecule has 1 rings (SSSR count). The van der Waals surface area contributed by atoms with E-state index in [1.807, 2.05) is 0 Å². The van der Waals surface area contributed by atoms with Crippen LogP contribution in [0.15, 0.2) is 12.1 Å². The minimum Gasteiger partial charge on any atom is -0.297 e. The van der Waals surface area contributed by atoms with Gasteiger partial charge < -0.3 is 0 Å². The van der Waals surface area contributed by atoms with Gasteiger partial charge >= 0.3 is 0 Å². The lowest BCUT2D eigenvalue weighted by Gasteiger charge is -2.29. The van der Waals surface area contributed by atoms with E-state index in [0.717, 1.165) is 78.5 Å². The summed E-state index contributed by atoms with van der Waals surface area (Å²) in [6, 6.07) is 4.68. The predicted molar refractivity (Wildman–Crippen MR) is 181 cm³/mol. The highest BCUT2D eigenvalue weighted by Gasteiger charge is 2.19. The zero-order valence-electron chi connectivity index (χ0n) is 22.5. The Morgan fingerprint density at radius 3 is 0.615 bits per heavy atom. The van der Waals surface area contributed by atoms with Gasteiger partial charge in [-0.2, -0.15) is 0 Å². The molecule has 0 aromatic heterocycles. The van der Waals surface area contributed by atoms with E-state index in [2.05, 4.69) is 31.7 Å². The Kier molecular flexibility index (Phi) is 27.2. The molecule has 0 heterocycles. The minimum atomic E-state index is 0. The van der Waals surface area contributed by atoms with Gasteiger partial charge in [0.05, 0.1) is 0 Å². The number of rotatable bonds is 24. The zero-order valence-corrected chi connectivity index (χ0v) is 29.4. The number of nitrogens with zero attached hydrogens (tertiary/aromatic N) is 4. The van der Waals surface area contributed by atoms with Crippen molar-refractivity contribution in [2.75, 3.05) is 99.4 Å². The van der Waals surface area contributed by atoms with E-state index >= 15 is 0 Å². The van der Waals surface area contributed by atoms with Crippen LogP contribution < -0.4 is 0 Å².